The zero-order valence-corrected chi connectivity index (χ0v) is 9.39. The highest BCUT2D eigenvalue weighted by Crippen LogP contribution is 2.25. The number of benzene rings is 1. The predicted molar refractivity (Wildman–Crippen MR) is 62.3 cm³/mol. The summed E-state index contributed by atoms with van der Waals surface area (Å²) in [6.45, 7) is 1.30. The molecule has 1 aliphatic heterocycles. The second-order valence-corrected chi connectivity index (χ2v) is 3.99. The van der Waals surface area contributed by atoms with E-state index >= 15 is 0 Å². The highest BCUT2D eigenvalue weighted by Gasteiger charge is 2.19. The summed E-state index contributed by atoms with van der Waals surface area (Å²) >= 11 is 0. The summed E-state index contributed by atoms with van der Waals surface area (Å²) in [7, 11) is 0. The summed E-state index contributed by atoms with van der Waals surface area (Å²) in [6.07, 6.45) is 1.55. The molecule has 0 radical (unpaired) electrons. The number of rotatable bonds is 3. The van der Waals surface area contributed by atoms with Gasteiger partial charge in [-0.05, 0) is 12.1 Å². The van der Waals surface area contributed by atoms with Crippen molar-refractivity contribution in [3.63, 3.8) is 0 Å². The minimum absolute atomic E-state index is 0.00338. The Bertz CT molecular complexity index is 413. The van der Waals surface area contributed by atoms with Gasteiger partial charge in [0.25, 0.3) is 0 Å². The number of nitrogens with two attached hydrogens (primary N) is 1. The second kappa shape index (κ2) is 5.05. The molecule has 2 rings (SSSR count). The van der Waals surface area contributed by atoms with Gasteiger partial charge in [-0.1, -0.05) is 0 Å². The molecule has 1 heterocycles. The Morgan fingerprint density at radius 3 is 2.76 bits per heavy atom. The standard InChI is InChI=1S/C12H15NO4/c13-8-1-2-10(12(14)15)11(7-8)17-9-3-5-16-6-4-9/h1-2,7,9H,3-6,13H2,(H,14,15). The molecule has 0 atom stereocenters. The van der Waals surface area contributed by atoms with Gasteiger partial charge in [0.15, 0.2) is 0 Å². The Balaban J connectivity index is 2.17. The molecule has 0 amide bonds. The Morgan fingerprint density at radius 2 is 2.12 bits per heavy atom. The summed E-state index contributed by atoms with van der Waals surface area (Å²) in [5, 5.41) is 9.04. The number of carbonyl (C=O) groups is 1. The monoisotopic (exact) mass is 237 g/mol. The number of carboxylic acid groups (broad SMARTS) is 1. The van der Waals surface area contributed by atoms with Crippen LogP contribution in [0.1, 0.15) is 23.2 Å². The van der Waals surface area contributed by atoms with E-state index < -0.39 is 5.97 Å². The number of hydrogen-bond donors (Lipinski definition) is 2. The number of nitrogen functional groups attached to an aromatic ring is 1. The van der Waals surface area contributed by atoms with E-state index in [0.717, 1.165) is 12.8 Å². The van der Waals surface area contributed by atoms with Crippen molar-refractivity contribution in [1.82, 2.24) is 0 Å². The van der Waals surface area contributed by atoms with Crippen LogP contribution in [0.4, 0.5) is 5.69 Å². The number of ether oxygens (including phenoxy) is 2. The van der Waals surface area contributed by atoms with Crippen LogP contribution in [0, 0.1) is 0 Å². The van der Waals surface area contributed by atoms with E-state index in [2.05, 4.69) is 0 Å². The molecule has 3 N–H and O–H groups in total. The van der Waals surface area contributed by atoms with E-state index in [4.69, 9.17) is 20.3 Å². The summed E-state index contributed by atoms with van der Waals surface area (Å²) in [5.74, 6) is -0.670. The molecule has 1 saturated heterocycles. The van der Waals surface area contributed by atoms with E-state index in [1.807, 2.05) is 0 Å². The summed E-state index contributed by atoms with van der Waals surface area (Å²) in [4.78, 5) is 11.0. The van der Waals surface area contributed by atoms with Gasteiger partial charge < -0.3 is 20.3 Å². The van der Waals surface area contributed by atoms with Crippen LogP contribution in [0.25, 0.3) is 0 Å². The van der Waals surface area contributed by atoms with Crippen LogP contribution in [-0.2, 0) is 4.74 Å². The van der Waals surface area contributed by atoms with Gasteiger partial charge in [0.2, 0.25) is 0 Å². The maximum atomic E-state index is 11.0. The molecule has 1 aromatic carbocycles. The second-order valence-electron chi connectivity index (χ2n) is 3.99. The molecule has 5 heteroatoms. The van der Waals surface area contributed by atoms with Crippen molar-refractivity contribution in [2.75, 3.05) is 18.9 Å². The lowest BCUT2D eigenvalue weighted by Crippen LogP contribution is -2.26. The van der Waals surface area contributed by atoms with Crippen molar-refractivity contribution in [2.45, 2.75) is 18.9 Å². The quantitative estimate of drug-likeness (QED) is 0.779. The van der Waals surface area contributed by atoms with Gasteiger partial charge in [-0.2, -0.15) is 0 Å². The molecule has 0 bridgehead atoms. The number of aromatic carboxylic acids is 1. The molecule has 17 heavy (non-hydrogen) atoms. The average molecular weight is 237 g/mol. The fourth-order valence-corrected chi connectivity index (χ4v) is 1.79. The molecule has 5 nitrogen and oxygen atoms in total. The molecule has 1 aliphatic rings. The molecule has 0 aliphatic carbocycles. The van der Waals surface area contributed by atoms with Crippen LogP contribution in [0.15, 0.2) is 18.2 Å². The van der Waals surface area contributed by atoms with Crippen molar-refractivity contribution >= 4 is 11.7 Å². The first kappa shape index (κ1) is 11.7. The van der Waals surface area contributed by atoms with Gasteiger partial charge in [-0.15, -0.1) is 0 Å². The van der Waals surface area contributed by atoms with Gasteiger partial charge in [0.05, 0.1) is 13.2 Å². The van der Waals surface area contributed by atoms with Gasteiger partial charge in [-0.25, -0.2) is 4.79 Å². The van der Waals surface area contributed by atoms with E-state index in [1.165, 1.54) is 6.07 Å². The molecule has 0 aromatic heterocycles. The third kappa shape index (κ3) is 2.88. The maximum Gasteiger partial charge on any atom is 0.339 e. The van der Waals surface area contributed by atoms with Gasteiger partial charge in [0, 0.05) is 24.6 Å². The lowest BCUT2D eigenvalue weighted by Gasteiger charge is -2.24. The first-order valence-corrected chi connectivity index (χ1v) is 5.54. The fraction of sp³-hybridized carbons (Fsp3) is 0.417. The van der Waals surface area contributed by atoms with E-state index in [-0.39, 0.29) is 11.7 Å². The highest BCUT2D eigenvalue weighted by atomic mass is 16.5. The lowest BCUT2D eigenvalue weighted by atomic mass is 10.1. The smallest absolute Gasteiger partial charge is 0.339 e. The minimum Gasteiger partial charge on any atom is -0.489 e. The lowest BCUT2D eigenvalue weighted by molar-refractivity contribution is 0.0249. The van der Waals surface area contributed by atoms with Crippen LogP contribution in [0.3, 0.4) is 0 Å². The highest BCUT2D eigenvalue weighted by molar-refractivity contribution is 5.91. The number of anilines is 1. The molecular weight excluding hydrogens is 222 g/mol. The third-order valence-corrected chi connectivity index (χ3v) is 2.70. The van der Waals surface area contributed by atoms with Crippen LogP contribution < -0.4 is 10.5 Å². The first-order chi connectivity index (χ1) is 8.16. The van der Waals surface area contributed by atoms with Crippen LogP contribution >= 0.6 is 0 Å². The largest absolute Gasteiger partial charge is 0.489 e. The molecular formula is C12H15NO4. The normalized spacial score (nSPS) is 16.7. The van der Waals surface area contributed by atoms with Gasteiger partial charge in [-0.3, -0.25) is 0 Å². The van der Waals surface area contributed by atoms with E-state index in [1.54, 1.807) is 12.1 Å². The van der Waals surface area contributed by atoms with Crippen LogP contribution in [0.5, 0.6) is 5.75 Å². The van der Waals surface area contributed by atoms with Crippen molar-refractivity contribution in [2.24, 2.45) is 0 Å². The zero-order chi connectivity index (χ0) is 12.3. The molecule has 0 spiro atoms. The fourth-order valence-electron chi connectivity index (χ4n) is 1.79. The van der Waals surface area contributed by atoms with Crippen LogP contribution in [0.2, 0.25) is 0 Å². The number of carboxylic acids is 1. The van der Waals surface area contributed by atoms with Crippen molar-refractivity contribution in [3.05, 3.63) is 23.8 Å². The Kier molecular flexibility index (Phi) is 3.49. The van der Waals surface area contributed by atoms with Crippen LogP contribution in [-0.4, -0.2) is 30.4 Å². The van der Waals surface area contributed by atoms with Crippen molar-refractivity contribution in [3.8, 4) is 5.75 Å². The van der Waals surface area contributed by atoms with Crippen molar-refractivity contribution in [1.29, 1.82) is 0 Å². The third-order valence-electron chi connectivity index (χ3n) is 2.70. The SMILES string of the molecule is Nc1ccc(C(=O)O)c(OC2CCOCC2)c1. The zero-order valence-electron chi connectivity index (χ0n) is 9.39. The van der Waals surface area contributed by atoms with E-state index in [0.29, 0.717) is 24.7 Å². The maximum absolute atomic E-state index is 11.0. The van der Waals surface area contributed by atoms with Gasteiger partial charge >= 0.3 is 5.97 Å². The molecule has 0 unspecified atom stereocenters. The first-order valence-electron chi connectivity index (χ1n) is 5.54. The number of hydrogen-bond acceptors (Lipinski definition) is 4. The average Bonchev–Trinajstić information content (AvgIpc) is 2.30. The summed E-state index contributed by atoms with van der Waals surface area (Å²) in [6, 6.07) is 4.57. The molecule has 1 aromatic rings. The Labute approximate surface area is 99.1 Å². The predicted octanol–water partition coefficient (Wildman–Crippen LogP) is 1.52. The molecule has 1 fully saturated rings. The topological polar surface area (TPSA) is 81.8 Å². The van der Waals surface area contributed by atoms with E-state index in [9.17, 15) is 4.79 Å². The van der Waals surface area contributed by atoms with Crippen molar-refractivity contribution < 1.29 is 19.4 Å². The molecule has 0 saturated carbocycles. The Morgan fingerprint density at radius 1 is 1.41 bits per heavy atom. The summed E-state index contributed by atoms with van der Waals surface area (Å²) in [5.41, 5.74) is 6.28. The Hall–Kier alpha value is -1.75. The van der Waals surface area contributed by atoms with Gasteiger partial charge in [0.1, 0.15) is 17.4 Å². The molecule has 92 valence electrons. The summed E-state index contributed by atoms with van der Waals surface area (Å²) < 4.78 is 10.9. The minimum atomic E-state index is -1.01.